The Kier molecular flexibility index (Phi) is 5.91. The number of rotatable bonds is 5. The van der Waals surface area contributed by atoms with Crippen molar-refractivity contribution < 1.29 is 9.59 Å². The van der Waals surface area contributed by atoms with Crippen LogP contribution in [0.4, 0.5) is 0 Å². The van der Waals surface area contributed by atoms with Crippen LogP contribution in [0.1, 0.15) is 44.6 Å². The molecule has 2 aliphatic rings. The van der Waals surface area contributed by atoms with Gasteiger partial charge in [-0.2, -0.15) is 0 Å². The van der Waals surface area contributed by atoms with Gasteiger partial charge in [-0.25, -0.2) is 0 Å². The van der Waals surface area contributed by atoms with E-state index < -0.39 is 0 Å². The summed E-state index contributed by atoms with van der Waals surface area (Å²) in [6.07, 6.45) is 8.64. The van der Waals surface area contributed by atoms with E-state index in [9.17, 15) is 9.59 Å². The fourth-order valence-electron chi connectivity index (χ4n) is 4.13. The molecule has 6 heteroatoms. The molecule has 0 radical (unpaired) electrons. The minimum atomic E-state index is -0.382. The lowest BCUT2D eigenvalue weighted by atomic mass is 9.72. The topological polar surface area (TPSA) is 79.5 Å². The third-order valence-corrected chi connectivity index (χ3v) is 6.03. The van der Waals surface area contributed by atoms with Gasteiger partial charge in [0.25, 0.3) is 0 Å². The Bertz CT molecular complexity index is 626. The predicted octanol–water partition coefficient (Wildman–Crippen LogP) is 1.59. The molecule has 0 unspecified atom stereocenters. The molecule has 2 aliphatic heterocycles. The maximum atomic E-state index is 12.4. The molecule has 2 N–H and O–H groups in total. The van der Waals surface area contributed by atoms with Gasteiger partial charge in [0.2, 0.25) is 11.8 Å². The minimum absolute atomic E-state index is 0.0719. The molecule has 2 fully saturated rings. The van der Waals surface area contributed by atoms with Gasteiger partial charge in [-0.1, -0.05) is 13.0 Å². The van der Waals surface area contributed by atoms with Crippen molar-refractivity contribution >= 4 is 11.8 Å². The predicted molar refractivity (Wildman–Crippen MR) is 100 cm³/mol. The van der Waals surface area contributed by atoms with Gasteiger partial charge in [-0.15, -0.1) is 0 Å². The van der Waals surface area contributed by atoms with E-state index in [1.54, 1.807) is 6.20 Å². The molecular weight excluding hydrogens is 328 g/mol. The Balaban J connectivity index is 1.56. The summed E-state index contributed by atoms with van der Waals surface area (Å²) in [5.74, 6) is 0.327. The van der Waals surface area contributed by atoms with Crippen molar-refractivity contribution in [2.75, 3.05) is 26.2 Å². The van der Waals surface area contributed by atoms with Crippen molar-refractivity contribution in [2.24, 2.45) is 11.1 Å². The van der Waals surface area contributed by atoms with Gasteiger partial charge in [0.15, 0.2) is 0 Å². The Morgan fingerprint density at radius 3 is 2.77 bits per heavy atom. The average molecular weight is 358 g/mol. The van der Waals surface area contributed by atoms with E-state index >= 15 is 0 Å². The fraction of sp³-hybridized carbons (Fsp3) is 0.650. The largest absolute Gasteiger partial charge is 0.342 e. The van der Waals surface area contributed by atoms with Crippen LogP contribution in [0, 0.1) is 5.41 Å². The number of likely N-dealkylation sites (tertiary alicyclic amines) is 2. The molecule has 0 bridgehead atoms. The number of piperidine rings is 2. The third kappa shape index (κ3) is 4.23. The molecule has 2 saturated heterocycles. The Labute approximate surface area is 155 Å². The van der Waals surface area contributed by atoms with Crippen molar-refractivity contribution in [1.82, 2.24) is 14.8 Å². The molecule has 1 aromatic rings. The highest BCUT2D eigenvalue weighted by Crippen LogP contribution is 2.40. The van der Waals surface area contributed by atoms with E-state index in [-0.39, 0.29) is 23.3 Å². The summed E-state index contributed by atoms with van der Waals surface area (Å²) in [6.45, 7) is 5.03. The van der Waals surface area contributed by atoms with Crippen LogP contribution in [0.3, 0.4) is 0 Å². The number of nitrogens with two attached hydrogens (primary N) is 1. The van der Waals surface area contributed by atoms with Crippen LogP contribution in [0.15, 0.2) is 24.5 Å². The monoisotopic (exact) mass is 358 g/mol. The summed E-state index contributed by atoms with van der Waals surface area (Å²) in [5, 5.41) is 0. The van der Waals surface area contributed by atoms with E-state index in [0.717, 1.165) is 57.4 Å². The number of carbonyl (C=O) groups excluding carboxylic acids is 2. The van der Waals surface area contributed by atoms with Crippen LogP contribution in [-0.4, -0.2) is 58.8 Å². The first-order chi connectivity index (χ1) is 12.5. The van der Waals surface area contributed by atoms with E-state index in [2.05, 4.69) is 11.1 Å². The van der Waals surface area contributed by atoms with Gasteiger partial charge < -0.3 is 15.5 Å². The number of nitrogens with zero attached hydrogens (tertiary/aromatic N) is 3. The van der Waals surface area contributed by atoms with Crippen molar-refractivity contribution in [2.45, 2.75) is 51.5 Å². The summed E-state index contributed by atoms with van der Waals surface area (Å²) in [6, 6.07) is 3.61. The second kappa shape index (κ2) is 8.16. The second-order valence-corrected chi connectivity index (χ2v) is 7.77. The van der Waals surface area contributed by atoms with E-state index in [0.29, 0.717) is 12.8 Å². The lowest BCUT2D eigenvalue weighted by Crippen LogP contribution is -2.54. The molecule has 2 amide bonds. The Morgan fingerprint density at radius 1 is 1.35 bits per heavy atom. The van der Waals surface area contributed by atoms with Gasteiger partial charge in [0.05, 0.1) is 6.04 Å². The van der Waals surface area contributed by atoms with Crippen molar-refractivity contribution in [1.29, 1.82) is 0 Å². The standard InChI is InChI=1S/C20H30N4O2/c1-2-17(21)19(26)23-12-8-20(9-13-23)7-5-18(25)24(15-20)11-6-16-4-3-10-22-14-16/h3-4,10,14,17H,2,5-9,11-13,15,21H2,1H3/t17-/m0/s1. The molecule has 142 valence electrons. The highest BCUT2D eigenvalue weighted by molar-refractivity contribution is 5.81. The van der Waals surface area contributed by atoms with E-state index in [1.165, 1.54) is 0 Å². The highest BCUT2D eigenvalue weighted by Gasteiger charge is 2.41. The normalized spacial score (nSPS) is 21.1. The summed E-state index contributed by atoms with van der Waals surface area (Å²) in [7, 11) is 0. The van der Waals surface area contributed by atoms with Gasteiger partial charge in [-0.3, -0.25) is 14.6 Å². The zero-order valence-corrected chi connectivity index (χ0v) is 15.7. The Morgan fingerprint density at radius 2 is 2.12 bits per heavy atom. The van der Waals surface area contributed by atoms with Gasteiger partial charge in [0, 0.05) is 45.0 Å². The number of amides is 2. The summed E-state index contributed by atoms with van der Waals surface area (Å²) < 4.78 is 0. The maximum Gasteiger partial charge on any atom is 0.239 e. The first-order valence-corrected chi connectivity index (χ1v) is 9.74. The minimum Gasteiger partial charge on any atom is -0.342 e. The van der Waals surface area contributed by atoms with Gasteiger partial charge in [0.1, 0.15) is 0 Å². The molecule has 1 aromatic heterocycles. The molecule has 3 heterocycles. The smallest absolute Gasteiger partial charge is 0.239 e. The fourth-order valence-corrected chi connectivity index (χ4v) is 4.13. The van der Waals surface area contributed by atoms with Crippen molar-refractivity contribution in [3.8, 4) is 0 Å². The van der Waals surface area contributed by atoms with E-state index in [1.807, 2.05) is 29.0 Å². The van der Waals surface area contributed by atoms with Crippen LogP contribution >= 0.6 is 0 Å². The lowest BCUT2D eigenvalue weighted by Gasteiger charge is -2.47. The second-order valence-electron chi connectivity index (χ2n) is 7.77. The molecule has 3 rings (SSSR count). The highest BCUT2D eigenvalue weighted by atomic mass is 16.2. The molecule has 1 atom stereocenters. The number of pyridine rings is 1. The Hall–Kier alpha value is -1.95. The van der Waals surface area contributed by atoms with E-state index in [4.69, 9.17) is 5.73 Å². The number of hydrogen-bond acceptors (Lipinski definition) is 4. The quantitative estimate of drug-likeness (QED) is 0.867. The molecule has 0 aromatic carbocycles. The van der Waals surface area contributed by atoms with Crippen LogP contribution in [0.25, 0.3) is 0 Å². The van der Waals surface area contributed by atoms with Crippen LogP contribution in [0.2, 0.25) is 0 Å². The first-order valence-electron chi connectivity index (χ1n) is 9.74. The summed E-state index contributed by atoms with van der Waals surface area (Å²) >= 11 is 0. The van der Waals surface area contributed by atoms with Crippen molar-refractivity contribution in [3.05, 3.63) is 30.1 Å². The summed E-state index contributed by atoms with van der Waals surface area (Å²) in [5.41, 5.74) is 7.23. The molecule has 1 spiro atoms. The number of carbonyl (C=O) groups is 2. The molecule has 0 saturated carbocycles. The zero-order chi connectivity index (χ0) is 18.6. The average Bonchev–Trinajstić information content (AvgIpc) is 2.69. The SMILES string of the molecule is CC[C@H](N)C(=O)N1CCC2(CCC(=O)N(CCc3cccnc3)C2)CC1. The molecular formula is C20H30N4O2. The third-order valence-electron chi connectivity index (χ3n) is 6.03. The zero-order valence-electron chi connectivity index (χ0n) is 15.7. The van der Waals surface area contributed by atoms with Gasteiger partial charge >= 0.3 is 0 Å². The van der Waals surface area contributed by atoms with Crippen LogP contribution in [-0.2, 0) is 16.0 Å². The maximum absolute atomic E-state index is 12.4. The molecule has 6 nitrogen and oxygen atoms in total. The lowest BCUT2D eigenvalue weighted by molar-refractivity contribution is -0.143. The molecule has 0 aliphatic carbocycles. The van der Waals surface area contributed by atoms with Crippen molar-refractivity contribution in [3.63, 3.8) is 0 Å². The van der Waals surface area contributed by atoms with Crippen LogP contribution in [0.5, 0.6) is 0 Å². The first kappa shape index (κ1) is 18.8. The van der Waals surface area contributed by atoms with Crippen LogP contribution < -0.4 is 5.73 Å². The molecule has 26 heavy (non-hydrogen) atoms. The van der Waals surface area contributed by atoms with Gasteiger partial charge in [-0.05, 0) is 49.1 Å². The number of hydrogen-bond donors (Lipinski definition) is 1. The summed E-state index contributed by atoms with van der Waals surface area (Å²) in [4.78, 5) is 32.8. The number of aromatic nitrogens is 1.